The standard InChI is InChI=1S/C29H24N2O5/c1-17-11-13-19(14-12-17)24-22(27(33)35-2)26(32)23(28(34)36-3)25(29(24,15-30)16-31)21-10-6-8-18-7-4-5-9-20(18)21/h4-14,22,24-25,32H,1-3H3/t22-,24-,25+/m0/s1. The highest BCUT2D eigenvalue weighted by Gasteiger charge is 2.61. The lowest BCUT2D eigenvalue weighted by Gasteiger charge is -2.44. The predicted octanol–water partition coefficient (Wildman–Crippen LogP) is 4.84. The highest BCUT2D eigenvalue weighted by molar-refractivity contribution is 5.96. The van der Waals surface area contributed by atoms with Gasteiger partial charge in [-0.2, -0.15) is 10.5 Å². The summed E-state index contributed by atoms with van der Waals surface area (Å²) in [5, 5.41) is 34.4. The second-order valence-corrected chi connectivity index (χ2v) is 8.77. The van der Waals surface area contributed by atoms with Crippen LogP contribution < -0.4 is 0 Å². The van der Waals surface area contributed by atoms with Gasteiger partial charge in [0.05, 0.1) is 37.8 Å². The third-order valence-electron chi connectivity index (χ3n) is 6.94. The number of aryl methyl sites for hydroxylation is 1. The topological polar surface area (TPSA) is 120 Å². The quantitative estimate of drug-likeness (QED) is 0.531. The lowest BCUT2D eigenvalue weighted by Crippen LogP contribution is -2.47. The van der Waals surface area contributed by atoms with Crippen LogP contribution in [0, 0.1) is 40.9 Å². The predicted molar refractivity (Wildman–Crippen MR) is 131 cm³/mol. The molecule has 0 spiro atoms. The second-order valence-electron chi connectivity index (χ2n) is 8.77. The van der Waals surface area contributed by atoms with Crippen molar-refractivity contribution >= 4 is 22.7 Å². The third kappa shape index (κ3) is 3.66. The first-order chi connectivity index (χ1) is 17.3. The van der Waals surface area contributed by atoms with E-state index in [-0.39, 0.29) is 5.57 Å². The molecule has 4 rings (SSSR count). The summed E-state index contributed by atoms with van der Waals surface area (Å²) in [6.07, 6.45) is 0. The molecule has 1 aliphatic rings. The molecule has 0 unspecified atom stereocenters. The molecular weight excluding hydrogens is 456 g/mol. The van der Waals surface area contributed by atoms with Crippen molar-refractivity contribution in [2.45, 2.75) is 18.8 Å². The Kier molecular flexibility index (Phi) is 6.51. The van der Waals surface area contributed by atoms with E-state index in [1.54, 1.807) is 36.4 Å². The van der Waals surface area contributed by atoms with Crippen molar-refractivity contribution in [1.82, 2.24) is 0 Å². The van der Waals surface area contributed by atoms with Crippen molar-refractivity contribution in [3.05, 3.63) is 94.8 Å². The van der Waals surface area contributed by atoms with E-state index in [2.05, 4.69) is 12.1 Å². The molecule has 3 atom stereocenters. The van der Waals surface area contributed by atoms with Crippen molar-refractivity contribution < 1.29 is 24.2 Å². The number of carbonyl (C=O) groups is 2. The number of carbonyl (C=O) groups excluding carboxylic acids is 2. The summed E-state index contributed by atoms with van der Waals surface area (Å²) in [6, 6.07) is 24.1. The van der Waals surface area contributed by atoms with Crippen LogP contribution in [0.4, 0.5) is 0 Å². The number of aliphatic hydroxyl groups is 1. The minimum absolute atomic E-state index is 0.310. The fourth-order valence-electron chi connectivity index (χ4n) is 5.28. The summed E-state index contributed by atoms with van der Waals surface area (Å²) in [7, 11) is 2.29. The average molecular weight is 481 g/mol. The Bertz CT molecular complexity index is 1440. The van der Waals surface area contributed by atoms with Crippen LogP contribution in [0.25, 0.3) is 10.8 Å². The molecule has 0 fully saturated rings. The maximum absolute atomic E-state index is 13.2. The van der Waals surface area contributed by atoms with Gasteiger partial charge in [-0.05, 0) is 28.8 Å². The number of hydrogen-bond donors (Lipinski definition) is 1. The zero-order chi connectivity index (χ0) is 26.0. The van der Waals surface area contributed by atoms with E-state index in [1.165, 1.54) is 0 Å². The van der Waals surface area contributed by atoms with Gasteiger partial charge in [-0.25, -0.2) is 4.79 Å². The van der Waals surface area contributed by atoms with Crippen molar-refractivity contribution in [2.24, 2.45) is 11.3 Å². The van der Waals surface area contributed by atoms with Crippen LogP contribution in [0.15, 0.2) is 78.1 Å². The molecule has 0 saturated heterocycles. The zero-order valence-corrected chi connectivity index (χ0v) is 20.1. The number of aliphatic hydroxyl groups excluding tert-OH is 1. The van der Waals surface area contributed by atoms with E-state index < -0.39 is 40.9 Å². The molecule has 0 heterocycles. The Balaban J connectivity index is 2.18. The summed E-state index contributed by atoms with van der Waals surface area (Å²) >= 11 is 0. The fraction of sp³-hybridized carbons (Fsp3) is 0.241. The highest BCUT2D eigenvalue weighted by atomic mass is 16.5. The number of methoxy groups -OCH3 is 2. The van der Waals surface area contributed by atoms with E-state index in [1.807, 2.05) is 37.3 Å². The molecule has 3 aromatic carbocycles. The van der Waals surface area contributed by atoms with Crippen LogP contribution in [0.5, 0.6) is 0 Å². The van der Waals surface area contributed by atoms with E-state index in [0.29, 0.717) is 16.5 Å². The van der Waals surface area contributed by atoms with Crippen molar-refractivity contribution in [1.29, 1.82) is 10.5 Å². The van der Waals surface area contributed by atoms with E-state index in [9.17, 15) is 25.2 Å². The van der Waals surface area contributed by atoms with Crippen LogP contribution in [0.3, 0.4) is 0 Å². The Labute approximate surface area is 208 Å². The van der Waals surface area contributed by atoms with Gasteiger partial charge in [0.1, 0.15) is 11.7 Å². The normalized spacial score (nSPS) is 20.8. The lowest BCUT2D eigenvalue weighted by molar-refractivity contribution is -0.147. The average Bonchev–Trinajstić information content (AvgIpc) is 2.92. The van der Waals surface area contributed by atoms with Gasteiger partial charge in [0.2, 0.25) is 0 Å². The first kappa shape index (κ1) is 24.5. The smallest absolute Gasteiger partial charge is 0.337 e. The molecule has 1 aliphatic carbocycles. The molecule has 1 N–H and O–H groups in total. The van der Waals surface area contributed by atoms with Crippen LogP contribution >= 0.6 is 0 Å². The summed E-state index contributed by atoms with van der Waals surface area (Å²) in [5.41, 5.74) is -0.378. The first-order valence-corrected chi connectivity index (χ1v) is 11.3. The lowest BCUT2D eigenvalue weighted by atomic mass is 9.53. The van der Waals surface area contributed by atoms with Gasteiger partial charge >= 0.3 is 11.9 Å². The molecule has 0 saturated carbocycles. The van der Waals surface area contributed by atoms with Gasteiger partial charge in [0, 0.05) is 5.92 Å². The van der Waals surface area contributed by atoms with Gasteiger partial charge in [0.15, 0.2) is 5.41 Å². The summed E-state index contributed by atoms with van der Waals surface area (Å²) in [5.74, 6) is -6.21. The van der Waals surface area contributed by atoms with Gasteiger partial charge in [0.25, 0.3) is 0 Å². The number of hydrogen-bond acceptors (Lipinski definition) is 7. The largest absolute Gasteiger partial charge is 0.511 e. The minimum Gasteiger partial charge on any atom is -0.511 e. The summed E-state index contributed by atoms with van der Waals surface area (Å²) < 4.78 is 9.98. The van der Waals surface area contributed by atoms with Gasteiger partial charge in [-0.3, -0.25) is 4.79 Å². The number of esters is 2. The molecule has 180 valence electrons. The monoisotopic (exact) mass is 480 g/mol. The molecular formula is C29H24N2O5. The SMILES string of the molecule is COC(=O)C1=C(O)[C@@H](C(=O)OC)[C@H](c2ccc(C)cc2)C(C#N)(C#N)[C@@H]1c1cccc2ccccc12. The van der Waals surface area contributed by atoms with Crippen molar-refractivity contribution in [2.75, 3.05) is 14.2 Å². The third-order valence-corrected chi connectivity index (χ3v) is 6.94. The number of fused-ring (bicyclic) bond motifs is 1. The number of ether oxygens (including phenoxy) is 2. The molecule has 0 radical (unpaired) electrons. The van der Waals surface area contributed by atoms with Crippen LogP contribution in [-0.2, 0) is 19.1 Å². The minimum atomic E-state index is -1.98. The van der Waals surface area contributed by atoms with Gasteiger partial charge in [-0.15, -0.1) is 0 Å². The summed E-state index contributed by atoms with van der Waals surface area (Å²) in [6.45, 7) is 1.88. The molecule has 0 bridgehead atoms. The van der Waals surface area contributed by atoms with Crippen LogP contribution in [0.2, 0.25) is 0 Å². The molecule has 0 aromatic heterocycles. The Hall–Kier alpha value is -4.62. The van der Waals surface area contributed by atoms with Crippen molar-refractivity contribution in [3.63, 3.8) is 0 Å². The second kappa shape index (κ2) is 9.56. The number of nitrogens with zero attached hydrogens (tertiary/aromatic N) is 2. The van der Waals surface area contributed by atoms with Crippen molar-refractivity contribution in [3.8, 4) is 12.1 Å². The highest BCUT2D eigenvalue weighted by Crippen LogP contribution is 2.59. The molecule has 3 aromatic rings. The zero-order valence-electron chi connectivity index (χ0n) is 20.1. The van der Waals surface area contributed by atoms with E-state index >= 15 is 0 Å². The molecule has 0 amide bonds. The summed E-state index contributed by atoms with van der Waals surface area (Å²) in [4.78, 5) is 26.2. The fourth-order valence-corrected chi connectivity index (χ4v) is 5.28. The van der Waals surface area contributed by atoms with Crippen LogP contribution in [0.1, 0.15) is 28.5 Å². The Morgan fingerprint density at radius 2 is 1.56 bits per heavy atom. The molecule has 0 aliphatic heterocycles. The number of nitriles is 2. The first-order valence-electron chi connectivity index (χ1n) is 11.3. The molecule has 7 nitrogen and oxygen atoms in total. The number of benzene rings is 3. The Morgan fingerprint density at radius 3 is 2.17 bits per heavy atom. The van der Waals surface area contributed by atoms with Gasteiger partial charge < -0.3 is 14.6 Å². The molecule has 7 heteroatoms. The molecule has 36 heavy (non-hydrogen) atoms. The maximum Gasteiger partial charge on any atom is 0.337 e. The van der Waals surface area contributed by atoms with E-state index in [0.717, 1.165) is 25.2 Å². The Morgan fingerprint density at radius 1 is 0.917 bits per heavy atom. The number of rotatable bonds is 4. The van der Waals surface area contributed by atoms with Crippen LogP contribution in [-0.4, -0.2) is 31.3 Å². The van der Waals surface area contributed by atoms with Gasteiger partial charge in [-0.1, -0.05) is 72.3 Å². The maximum atomic E-state index is 13.2. The van der Waals surface area contributed by atoms with E-state index in [4.69, 9.17) is 9.47 Å².